The lowest BCUT2D eigenvalue weighted by atomic mass is 9.79. The molecule has 0 amide bonds. The van der Waals surface area contributed by atoms with Crippen molar-refractivity contribution in [2.75, 3.05) is 0 Å². The van der Waals surface area contributed by atoms with Crippen molar-refractivity contribution in [3.63, 3.8) is 0 Å². The largest absolute Gasteiger partial charge is 0.336 e. The maximum atomic E-state index is 14.6. The maximum Gasteiger partial charge on any atom is 0.336 e. The molecule has 3 aliphatic carbocycles. The number of isocyanates is 3. The van der Waals surface area contributed by atoms with Crippen LogP contribution in [0.3, 0.4) is 0 Å². The molecule has 12 nitrogen and oxygen atoms in total. The van der Waals surface area contributed by atoms with E-state index in [1.165, 1.54) is 13.7 Å². The smallest absolute Gasteiger partial charge is 0.247 e. The quantitative estimate of drug-likeness (QED) is 0.242. The van der Waals surface area contributed by atoms with Crippen molar-refractivity contribution < 1.29 is 14.4 Å². The molecule has 246 valence electrons. The van der Waals surface area contributed by atoms with Gasteiger partial charge in [-0.1, -0.05) is 33.6 Å². The number of aliphatic imine (C=N–C) groups is 3. The van der Waals surface area contributed by atoms with Gasteiger partial charge in [0.15, 0.2) is 0 Å². The molecule has 3 aliphatic rings. The van der Waals surface area contributed by atoms with Gasteiger partial charge in [0, 0.05) is 24.0 Å². The highest BCUT2D eigenvalue weighted by Crippen LogP contribution is 2.38. The van der Waals surface area contributed by atoms with Crippen LogP contribution in [0.1, 0.15) is 135 Å². The van der Waals surface area contributed by atoms with Crippen LogP contribution in [0.15, 0.2) is 29.4 Å². The topological polar surface area (TPSA) is 154 Å². The summed E-state index contributed by atoms with van der Waals surface area (Å²) in [5.74, 6) is -0.183. The van der Waals surface area contributed by atoms with Gasteiger partial charge >= 0.3 is 17.1 Å². The SMILES string of the molecule is CCC(C1CCC(N=C=O)CC1)n1c(=O)n(C(CC)C2CCC(N=C=O)CC2)c(=O)n(C(CC)C2CCCCC2N=C=O)c1=O. The van der Waals surface area contributed by atoms with Crippen LogP contribution in [-0.4, -0.2) is 50.1 Å². The first-order chi connectivity index (χ1) is 21.8. The molecular formula is C33H48N6O6. The number of hydrogen-bond donors (Lipinski definition) is 0. The summed E-state index contributed by atoms with van der Waals surface area (Å²) in [5, 5.41) is 0. The summed E-state index contributed by atoms with van der Waals surface area (Å²) in [6.07, 6.45) is 15.3. The summed E-state index contributed by atoms with van der Waals surface area (Å²) in [5.41, 5.74) is -1.75. The van der Waals surface area contributed by atoms with Crippen LogP contribution in [-0.2, 0) is 14.4 Å². The number of hydrogen-bond acceptors (Lipinski definition) is 9. The third-order valence-corrected chi connectivity index (χ3v) is 11.0. The molecule has 0 spiro atoms. The van der Waals surface area contributed by atoms with E-state index < -0.39 is 35.2 Å². The number of carbonyl (C=O) groups excluding carboxylic acids is 3. The molecule has 5 unspecified atom stereocenters. The minimum Gasteiger partial charge on any atom is -0.247 e. The third-order valence-electron chi connectivity index (χ3n) is 11.0. The first-order valence-electron chi connectivity index (χ1n) is 17.0. The van der Waals surface area contributed by atoms with Gasteiger partial charge in [-0.25, -0.2) is 57.4 Å². The van der Waals surface area contributed by atoms with Gasteiger partial charge in [-0.05, 0) is 95.3 Å². The van der Waals surface area contributed by atoms with Crippen LogP contribution < -0.4 is 17.1 Å². The molecule has 1 aromatic heterocycles. The van der Waals surface area contributed by atoms with E-state index in [-0.39, 0.29) is 35.9 Å². The van der Waals surface area contributed by atoms with Crippen LogP contribution >= 0.6 is 0 Å². The normalized spacial score (nSPS) is 28.9. The predicted octanol–water partition coefficient (Wildman–Crippen LogP) is 4.71. The molecule has 0 aromatic carbocycles. The van der Waals surface area contributed by atoms with Crippen molar-refractivity contribution in [3.05, 3.63) is 31.5 Å². The highest BCUT2D eigenvalue weighted by Gasteiger charge is 2.39. The van der Waals surface area contributed by atoms with Gasteiger partial charge in [0.05, 0.1) is 18.1 Å². The van der Waals surface area contributed by atoms with Crippen LogP contribution in [0.4, 0.5) is 0 Å². The predicted molar refractivity (Wildman–Crippen MR) is 169 cm³/mol. The molecule has 5 atom stereocenters. The molecule has 3 fully saturated rings. The van der Waals surface area contributed by atoms with Gasteiger partial charge in [-0.2, -0.15) is 0 Å². The van der Waals surface area contributed by atoms with E-state index in [1.54, 1.807) is 18.2 Å². The number of rotatable bonds is 12. The van der Waals surface area contributed by atoms with Crippen LogP contribution in [0.2, 0.25) is 0 Å². The van der Waals surface area contributed by atoms with Gasteiger partial charge in [0.1, 0.15) is 0 Å². The molecule has 12 heteroatoms. The summed E-state index contributed by atoms with van der Waals surface area (Å²) in [4.78, 5) is 88.7. The minimum absolute atomic E-state index is 0.0109. The van der Waals surface area contributed by atoms with Gasteiger partial charge in [0.2, 0.25) is 18.2 Å². The highest BCUT2D eigenvalue weighted by atomic mass is 16.2. The van der Waals surface area contributed by atoms with Gasteiger partial charge in [-0.3, -0.25) is 0 Å². The van der Waals surface area contributed by atoms with Gasteiger partial charge < -0.3 is 0 Å². The molecule has 45 heavy (non-hydrogen) atoms. The lowest BCUT2D eigenvalue weighted by Crippen LogP contribution is -2.59. The first kappa shape index (κ1) is 34.4. The monoisotopic (exact) mass is 624 g/mol. The Morgan fingerprint density at radius 3 is 1.31 bits per heavy atom. The fraction of sp³-hybridized carbons (Fsp3) is 0.818. The van der Waals surface area contributed by atoms with Crippen molar-refractivity contribution in [2.24, 2.45) is 32.7 Å². The van der Waals surface area contributed by atoms with E-state index in [0.29, 0.717) is 77.0 Å². The van der Waals surface area contributed by atoms with Gasteiger partial charge in [0.25, 0.3) is 0 Å². The Morgan fingerprint density at radius 1 is 0.556 bits per heavy atom. The van der Waals surface area contributed by atoms with Crippen LogP contribution in [0, 0.1) is 17.8 Å². The molecule has 4 rings (SSSR count). The van der Waals surface area contributed by atoms with Gasteiger partial charge in [-0.15, -0.1) is 0 Å². The molecule has 1 aromatic rings. The second kappa shape index (κ2) is 16.2. The molecule has 1 heterocycles. The lowest BCUT2D eigenvalue weighted by Gasteiger charge is -2.38. The van der Waals surface area contributed by atoms with Crippen molar-refractivity contribution >= 4 is 18.2 Å². The lowest BCUT2D eigenvalue weighted by molar-refractivity contribution is 0.162. The zero-order chi connectivity index (χ0) is 32.5. The van der Waals surface area contributed by atoms with E-state index in [0.717, 1.165) is 19.3 Å². The van der Waals surface area contributed by atoms with Crippen molar-refractivity contribution in [1.29, 1.82) is 0 Å². The zero-order valence-corrected chi connectivity index (χ0v) is 26.9. The number of aromatic nitrogens is 3. The zero-order valence-electron chi connectivity index (χ0n) is 26.9. The fourth-order valence-corrected chi connectivity index (χ4v) is 8.77. The van der Waals surface area contributed by atoms with Crippen molar-refractivity contribution in [1.82, 2.24) is 13.7 Å². The average Bonchev–Trinajstić information content (AvgIpc) is 3.05. The van der Waals surface area contributed by atoms with Crippen LogP contribution in [0.5, 0.6) is 0 Å². The summed E-state index contributed by atoms with van der Waals surface area (Å²) in [6, 6.07) is -1.93. The minimum atomic E-state index is -0.591. The Kier molecular flexibility index (Phi) is 12.4. The van der Waals surface area contributed by atoms with E-state index in [4.69, 9.17) is 0 Å². The Morgan fingerprint density at radius 2 is 0.933 bits per heavy atom. The average molecular weight is 625 g/mol. The molecule has 0 saturated heterocycles. The summed E-state index contributed by atoms with van der Waals surface area (Å²) in [6.45, 7) is 5.86. The molecule has 3 saturated carbocycles. The molecule has 0 radical (unpaired) electrons. The first-order valence-corrected chi connectivity index (χ1v) is 17.0. The summed E-state index contributed by atoms with van der Waals surface area (Å²) < 4.78 is 4.02. The summed E-state index contributed by atoms with van der Waals surface area (Å²) >= 11 is 0. The Bertz CT molecular complexity index is 1390. The van der Waals surface area contributed by atoms with E-state index in [1.807, 2.05) is 20.8 Å². The second-order valence-electron chi connectivity index (χ2n) is 13.2. The Labute approximate surface area is 263 Å². The number of nitrogens with zero attached hydrogens (tertiary/aromatic N) is 6. The molecule has 0 N–H and O–H groups in total. The third kappa shape index (κ3) is 7.35. The molecular weight excluding hydrogens is 576 g/mol. The standard InChI is InChI=1S/C33H48N6O6/c1-4-28(22-11-15-24(16-12-22)34-19-40)37-31(43)38(29(5-2)23-13-17-25(18-14-23)35-20-41)33(45)39(32(37)44)30(6-3)26-9-7-8-10-27(26)36-21-42/h22-30H,4-18H2,1-3H3. The van der Waals surface area contributed by atoms with E-state index >= 15 is 0 Å². The maximum absolute atomic E-state index is 14.6. The fourth-order valence-electron chi connectivity index (χ4n) is 8.77. The van der Waals surface area contributed by atoms with Crippen LogP contribution in [0.25, 0.3) is 0 Å². The Hall–Kier alpha value is -3.45. The van der Waals surface area contributed by atoms with Crippen molar-refractivity contribution in [3.8, 4) is 0 Å². The van der Waals surface area contributed by atoms with Crippen molar-refractivity contribution in [2.45, 2.75) is 153 Å². The summed E-state index contributed by atoms with van der Waals surface area (Å²) in [7, 11) is 0. The van der Waals surface area contributed by atoms with E-state index in [2.05, 4.69) is 15.0 Å². The Balaban J connectivity index is 1.89. The molecule has 0 bridgehead atoms. The highest BCUT2D eigenvalue weighted by molar-refractivity contribution is 5.34. The molecule has 0 aliphatic heterocycles. The second-order valence-corrected chi connectivity index (χ2v) is 13.2. The van der Waals surface area contributed by atoms with E-state index in [9.17, 15) is 28.8 Å².